The number of aromatic nitrogens is 2. The summed E-state index contributed by atoms with van der Waals surface area (Å²) in [5.74, 6) is -0.111. The molecule has 0 saturated carbocycles. The molecule has 0 radical (unpaired) electrons. The summed E-state index contributed by atoms with van der Waals surface area (Å²) in [7, 11) is 0. The highest BCUT2D eigenvalue weighted by atomic mass is 35.5. The van der Waals surface area contributed by atoms with Crippen LogP contribution in [0.4, 0.5) is 0 Å². The fraction of sp³-hybridized carbons (Fsp3) is 0.556. The summed E-state index contributed by atoms with van der Waals surface area (Å²) in [6, 6.07) is -0.487. The van der Waals surface area contributed by atoms with Crippen molar-refractivity contribution in [2.75, 3.05) is 0 Å². The number of halogens is 1. The van der Waals surface area contributed by atoms with Crippen LogP contribution in [-0.4, -0.2) is 20.6 Å². The maximum absolute atomic E-state index is 11.0. The van der Waals surface area contributed by atoms with Crippen molar-refractivity contribution in [3.63, 3.8) is 0 Å². The maximum Gasteiger partial charge on any atom is 0.326 e. The zero-order valence-corrected chi connectivity index (χ0v) is 8.58. The predicted molar refractivity (Wildman–Crippen MR) is 51.6 cm³/mol. The number of hydrogen-bond acceptors (Lipinski definition) is 2. The van der Waals surface area contributed by atoms with Gasteiger partial charge >= 0.3 is 5.97 Å². The van der Waals surface area contributed by atoms with Crippen LogP contribution in [0, 0.1) is 6.92 Å². The maximum atomic E-state index is 11.0. The lowest BCUT2D eigenvalue weighted by molar-refractivity contribution is -0.141. The van der Waals surface area contributed by atoms with Gasteiger partial charge in [0, 0.05) is 0 Å². The van der Waals surface area contributed by atoms with E-state index in [1.165, 1.54) is 0 Å². The molecule has 1 aromatic rings. The minimum absolute atomic E-state index is 0.452. The minimum atomic E-state index is -0.803. The topological polar surface area (TPSA) is 55.1 Å². The van der Waals surface area contributed by atoms with Crippen molar-refractivity contribution in [1.82, 2.24) is 9.55 Å². The van der Waals surface area contributed by atoms with E-state index in [1.807, 2.05) is 0 Å². The van der Waals surface area contributed by atoms with Crippen molar-refractivity contribution in [2.45, 2.75) is 32.2 Å². The largest absolute Gasteiger partial charge is 0.480 e. The van der Waals surface area contributed by atoms with Gasteiger partial charge in [0.2, 0.25) is 0 Å². The fourth-order valence-corrected chi connectivity index (χ4v) is 2.33. The summed E-state index contributed by atoms with van der Waals surface area (Å²) < 4.78 is 1.74. The molecule has 14 heavy (non-hydrogen) atoms. The van der Waals surface area contributed by atoms with Gasteiger partial charge in [0.1, 0.15) is 11.9 Å². The predicted octanol–water partition coefficient (Wildman–Crippen LogP) is 1.81. The van der Waals surface area contributed by atoms with Crippen LogP contribution in [0.2, 0.25) is 5.15 Å². The number of rotatable bonds is 1. The van der Waals surface area contributed by atoms with Crippen LogP contribution < -0.4 is 0 Å². The van der Waals surface area contributed by atoms with Gasteiger partial charge in [-0.2, -0.15) is 0 Å². The fourth-order valence-electron chi connectivity index (χ4n) is 2.02. The van der Waals surface area contributed by atoms with Crippen LogP contribution in [-0.2, 0) is 11.2 Å². The van der Waals surface area contributed by atoms with Gasteiger partial charge in [0.05, 0.1) is 5.69 Å². The summed E-state index contributed by atoms with van der Waals surface area (Å²) >= 11 is 5.91. The summed E-state index contributed by atoms with van der Waals surface area (Å²) in [6.45, 7) is 1.79. The number of hydrogen-bond donors (Lipinski definition) is 1. The Kier molecular flexibility index (Phi) is 2.23. The molecule has 0 bridgehead atoms. The van der Waals surface area contributed by atoms with Crippen LogP contribution in [0.3, 0.4) is 0 Å². The van der Waals surface area contributed by atoms with E-state index in [2.05, 4.69) is 4.98 Å². The van der Waals surface area contributed by atoms with Gasteiger partial charge in [-0.15, -0.1) is 0 Å². The lowest BCUT2D eigenvalue weighted by Gasteiger charge is -2.23. The average Bonchev–Trinajstić information content (AvgIpc) is 2.43. The molecule has 1 aliphatic heterocycles. The molecule has 1 unspecified atom stereocenters. The Morgan fingerprint density at radius 3 is 3.07 bits per heavy atom. The molecule has 5 heteroatoms. The number of carboxylic acids is 1. The van der Waals surface area contributed by atoms with Crippen molar-refractivity contribution in [1.29, 1.82) is 0 Å². The Morgan fingerprint density at radius 2 is 2.43 bits per heavy atom. The second-order valence-electron chi connectivity index (χ2n) is 3.51. The smallest absolute Gasteiger partial charge is 0.326 e. The Morgan fingerprint density at radius 1 is 1.71 bits per heavy atom. The van der Waals surface area contributed by atoms with E-state index in [-0.39, 0.29) is 0 Å². The van der Waals surface area contributed by atoms with Gasteiger partial charge in [0.25, 0.3) is 0 Å². The Balaban J connectivity index is 2.53. The number of imidazole rings is 1. The van der Waals surface area contributed by atoms with E-state index >= 15 is 0 Å². The molecule has 0 aliphatic carbocycles. The van der Waals surface area contributed by atoms with Gasteiger partial charge in [-0.05, 0) is 26.2 Å². The highest BCUT2D eigenvalue weighted by Crippen LogP contribution is 2.30. The van der Waals surface area contributed by atoms with Crippen LogP contribution in [0.25, 0.3) is 0 Å². The highest BCUT2D eigenvalue weighted by molar-refractivity contribution is 6.30. The van der Waals surface area contributed by atoms with Gasteiger partial charge in [-0.25, -0.2) is 9.78 Å². The molecule has 76 valence electrons. The molecule has 1 N–H and O–H groups in total. The molecule has 0 spiro atoms. The van der Waals surface area contributed by atoms with E-state index in [1.54, 1.807) is 11.5 Å². The minimum Gasteiger partial charge on any atom is -0.480 e. The summed E-state index contributed by atoms with van der Waals surface area (Å²) in [4.78, 5) is 15.1. The third kappa shape index (κ3) is 1.30. The van der Waals surface area contributed by atoms with E-state index in [0.29, 0.717) is 17.4 Å². The molecule has 1 atom stereocenters. The molecule has 1 aliphatic rings. The van der Waals surface area contributed by atoms with E-state index < -0.39 is 12.0 Å². The Hall–Kier alpha value is -1.03. The van der Waals surface area contributed by atoms with Gasteiger partial charge in [-0.1, -0.05) is 11.6 Å². The van der Waals surface area contributed by atoms with Crippen molar-refractivity contribution in [3.05, 3.63) is 16.7 Å². The first kappa shape index (κ1) is 9.52. The third-order valence-electron chi connectivity index (χ3n) is 2.63. The molecule has 2 rings (SSSR count). The normalized spacial score (nSPS) is 20.6. The van der Waals surface area contributed by atoms with E-state index in [0.717, 1.165) is 18.5 Å². The molecule has 0 aromatic carbocycles. The first-order chi connectivity index (χ1) is 6.61. The quantitative estimate of drug-likeness (QED) is 0.776. The third-order valence-corrected chi connectivity index (χ3v) is 2.93. The molecule has 0 saturated heterocycles. The van der Waals surface area contributed by atoms with Crippen LogP contribution >= 0.6 is 11.6 Å². The van der Waals surface area contributed by atoms with E-state index in [9.17, 15) is 4.79 Å². The average molecular weight is 215 g/mol. The molecule has 0 fully saturated rings. The van der Waals surface area contributed by atoms with E-state index in [4.69, 9.17) is 16.7 Å². The molecule has 4 nitrogen and oxygen atoms in total. The van der Waals surface area contributed by atoms with Crippen LogP contribution in [0.5, 0.6) is 0 Å². The molecular formula is C9H11ClN2O2. The lowest BCUT2D eigenvalue weighted by atomic mass is 10.0. The first-order valence-electron chi connectivity index (χ1n) is 4.57. The molecule has 2 heterocycles. The summed E-state index contributed by atoms with van der Waals surface area (Å²) in [5.41, 5.74) is 0.864. The number of carboxylic acid groups (broad SMARTS) is 1. The lowest BCUT2D eigenvalue weighted by Crippen LogP contribution is -2.25. The van der Waals surface area contributed by atoms with Crippen LogP contribution in [0.15, 0.2) is 0 Å². The van der Waals surface area contributed by atoms with Crippen LogP contribution in [0.1, 0.15) is 30.4 Å². The van der Waals surface area contributed by atoms with Crippen molar-refractivity contribution in [2.24, 2.45) is 0 Å². The molecular weight excluding hydrogens is 204 g/mol. The monoisotopic (exact) mass is 214 g/mol. The molecule has 0 amide bonds. The van der Waals surface area contributed by atoms with Crippen molar-refractivity contribution in [3.8, 4) is 0 Å². The summed E-state index contributed by atoms with van der Waals surface area (Å²) in [6.07, 6.45) is 2.35. The molecule has 1 aromatic heterocycles. The number of nitrogens with zero attached hydrogens (tertiary/aromatic N) is 2. The SMILES string of the molecule is Cc1nc(Cl)c2n1C(C(=O)O)CCC2. The number of aliphatic carboxylic acids is 1. The Labute approximate surface area is 86.5 Å². The number of carbonyl (C=O) groups is 1. The van der Waals surface area contributed by atoms with Crippen molar-refractivity contribution < 1.29 is 9.90 Å². The van der Waals surface area contributed by atoms with Crippen molar-refractivity contribution >= 4 is 17.6 Å². The zero-order chi connectivity index (χ0) is 10.3. The number of fused-ring (bicyclic) bond motifs is 1. The van der Waals surface area contributed by atoms with Gasteiger partial charge in [0.15, 0.2) is 5.15 Å². The van der Waals surface area contributed by atoms with Gasteiger partial charge in [-0.3, -0.25) is 0 Å². The van der Waals surface area contributed by atoms with Gasteiger partial charge < -0.3 is 9.67 Å². The standard InChI is InChI=1S/C9H11ClN2O2/c1-5-11-8(10)6-3-2-4-7(9(13)14)12(5)6/h7H,2-4H2,1H3,(H,13,14). The summed E-state index contributed by atoms with van der Waals surface area (Å²) in [5, 5.41) is 9.48. The second-order valence-corrected chi connectivity index (χ2v) is 3.87. The second kappa shape index (κ2) is 3.28. The number of aryl methyl sites for hydroxylation is 1. The zero-order valence-electron chi connectivity index (χ0n) is 7.83. The first-order valence-corrected chi connectivity index (χ1v) is 4.95. The Bertz CT molecular complexity index is 386. The highest BCUT2D eigenvalue weighted by Gasteiger charge is 2.29.